The van der Waals surface area contributed by atoms with Crippen LogP contribution in [0.25, 0.3) is 10.6 Å². The second-order valence-corrected chi connectivity index (χ2v) is 6.08. The number of aliphatic carboxylic acids is 1. The van der Waals surface area contributed by atoms with Gasteiger partial charge in [-0.1, -0.05) is 31.2 Å². The van der Waals surface area contributed by atoms with Gasteiger partial charge in [0.1, 0.15) is 5.01 Å². The fourth-order valence-corrected chi connectivity index (χ4v) is 2.92. The highest BCUT2D eigenvalue weighted by atomic mass is 32.1. The first-order valence-corrected chi connectivity index (χ1v) is 8.48. The Balaban J connectivity index is 1.86. The summed E-state index contributed by atoms with van der Waals surface area (Å²) in [4.78, 5) is 26.7. The van der Waals surface area contributed by atoms with E-state index < -0.39 is 5.97 Å². The van der Waals surface area contributed by atoms with Crippen LogP contribution in [0.1, 0.15) is 31.0 Å². The van der Waals surface area contributed by atoms with Crippen LogP contribution >= 0.6 is 11.3 Å². The maximum atomic E-state index is 11.8. The Bertz CT molecular complexity index is 665. The van der Waals surface area contributed by atoms with Gasteiger partial charge >= 0.3 is 5.97 Å². The molecular formula is C17H20N2O3S. The van der Waals surface area contributed by atoms with E-state index in [4.69, 9.17) is 5.11 Å². The second-order valence-electron chi connectivity index (χ2n) is 5.22. The Hall–Kier alpha value is -2.21. The summed E-state index contributed by atoms with van der Waals surface area (Å²) >= 11 is 1.52. The Kier molecular flexibility index (Phi) is 6.29. The number of nitrogens with zero attached hydrogens (tertiary/aromatic N) is 1. The van der Waals surface area contributed by atoms with Crippen LogP contribution < -0.4 is 5.32 Å². The van der Waals surface area contributed by atoms with Crippen molar-refractivity contribution in [2.24, 2.45) is 0 Å². The normalized spacial score (nSPS) is 10.5. The topological polar surface area (TPSA) is 79.3 Å². The van der Waals surface area contributed by atoms with Crippen LogP contribution in [0.4, 0.5) is 0 Å². The molecule has 0 unspecified atom stereocenters. The minimum absolute atomic E-state index is 0.0644. The molecule has 0 radical (unpaired) electrons. The molecule has 1 amide bonds. The van der Waals surface area contributed by atoms with E-state index in [0.717, 1.165) is 22.7 Å². The van der Waals surface area contributed by atoms with Crippen molar-refractivity contribution in [2.75, 3.05) is 6.54 Å². The average molecular weight is 332 g/mol. The number of carbonyl (C=O) groups is 2. The number of carboxylic acids is 1. The first-order valence-electron chi connectivity index (χ1n) is 7.60. The summed E-state index contributed by atoms with van der Waals surface area (Å²) in [5, 5.41) is 14.0. The minimum Gasteiger partial charge on any atom is -0.481 e. The molecule has 2 aromatic rings. The largest absolute Gasteiger partial charge is 0.481 e. The molecule has 0 bridgehead atoms. The third-order valence-electron chi connectivity index (χ3n) is 3.39. The Labute approximate surface area is 139 Å². The van der Waals surface area contributed by atoms with E-state index >= 15 is 0 Å². The molecule has 1 aromatic carbocycles. The second kappa shape index (κ2) is 8.43. The maximum Gasteiger partial charge on any atom is 0.303 e. The van der Waals surface area contributed by atoms with Crippen LogP contribution in [-0.4, -0.2) is 28.5 Å². The van der Waals surface area contributed by atoms with Crippen molar-refractivity contribution in [3.8, 4) is 10.6 Å². The number of carboxylic acid groups (broad SMARTS) is 1. The lowest BCUT2D eigenvalue weighted by molar-refractivity contribution is -0.137. The number of aryl methyl sites for hydroxylation is 1. The summed E-state index contributed by atoms with van der Waals surface area (Å²) in [5.41, 5.74) is 3.08. The highest BCUT2D eigenvalue weighted by Crippen LogP contribution is 2.24. The van der Waals surface area contributed by atoms with Crippen molar-refractivity contribution >= 4 is 23.2 Å². The number of hydrogen-bond acceptors (Lipinski definition) is 4. The van der Waals surface area contributed by atoms with Gasteiger partial charge in [0.15, 0.2) is 0 Å². The lowest BCUT2D eigenvalue weighted by Gasteiger charge is -2.02. The van der Waals surface area contributed by atoms with Gasteiger partial charge in [-0.15, -0.1) is 11.3 Å². The monoisotopic (exact) mass is 332 g/mol. The zero-order chi connectivity index (χ0) is 16.7. The molecule has 6 heteroatoms. The van der Waals surface area contributed by atoms with Crippen LogP contribution in [0, 0.1) is 0 Å². The molecular weight excluding hydrogens is 312 g/mol. The van der Waals surface area contributed by atoms with E-state index in [0.29, 0.717) is 13.0 Å². The third kappa shape index (κ3) is 5.49. The van der Waals surface area contributed by atoms with Crippen molar-refractivity contribution < 1.29 is 14.7 Å². The van der Waals surface area contributed by atoms with Gasteiger partial charge in [-0.3, -0.25) is 9.59 Å². The highest BCUT2D eigenvalue weighted by Gasteiger charge is 2.09. The summed E-state index contributed by atoms with van der Waals surface area (Å²) in [6, 6.07) is 8.28. The number of rotatable bonds is 8. The first kappa shape index (κ1) is 17.1. The Morgan fingerprint density at radius 3 is 2.65 bits per heavy atom. The van der Waals surface area contributed by atoms with E-state index in [2.05, 4.69) is 29.4 Å². The van der Waals surface area contributed by atoms with Crippen LogP contribution in [0.3, 0.4) is 0 Å². The molecule has 2 N–H and O–H groups in total. The van der Waals surface area contributed by atoms with Crippen molar-refractivity contribution in [2.45, 2.75) is 32.6 Å². The van der Waals surface area contributed by atoms with Gasteiger partial charge in [0.05, 0.1) is 12.1 Å². The molecule has 0 aliphatic heterocycles. The molecule has 1 heterocycles. The summed E-state index contributed by atoms with van der Waals surface area (Å²) < 4.78 is 0. The molecule has 1 aromatic heterocycles. The molecule has 0 fully saturated rings. The maximum absolute atomic E-state index is 11.8. The standard InChI is InChI=1S/C17H20N2O3S/c1-2-12-5-7-13(8-6-12)17-19-14(11-23-17)10-15(20)18-9-3-4-16(21)22/h5-8,11H,2-4,9-10H2,1H3,(H,18,20)(H,21,22). The quantitative estimate of drug-likeness (QED) is 0.729. The van der Waals surface area contributed by atoms with Gasteiger partial charge in [0, 0.05) is 23.9 Å². The van der Waals surface area contributed by atoms with E-state index in [9.17, 15) is 9.59 Å². The van der Waals surface area contributed by atoms with Crippen LogP contribution in [0.15, 0.2) is 29.6 Å². The van der Waals surface area contributed by atoms with E-state index in [1.54, 1.807) is 0 Å². The zero-order valence-corrected chi connectivity index (χ0v) is 13.9. The Morgan fingerprint density at radius 1 is 1.26 bits per heavy atom. The van der Waals surface area contributed by atoms with E-state index in [1.165, 1.54) is 16.9 Å². The predicted octanol–water partition coefficient (Wildman–Crippen LogP) is 2.90. The highest BCUT2D eigenvalue weighted by molar-refractivity contribution is 7.13. The van der Waals surface area contributed by atoms with E-state index in [1.807, 2.05) is 17.5 Å². The summed E-state index contributed by atoms with van der Waals surface area (Å²) in [6.45, 7) is 2.49. The van der Waals surface area contributed by atoms with Gasteiger partial charge in [-0.05, 0) is 18.4 Å². The lowest BCUT2D eigenvalue weighted by Crippen LogP contribution is -2.26. The third-order valence-corrected chi connectivity index (χ3v) is 4.33. The van der Waals surface area contributed by atoms with E-state index in [-0.39, 0.29) is 18.7 Å². The van der Waals surface area contributed by atoms with Crippen LogP contribution in [-0.2, 0) is 22.4 Å². The lowest BCUT2D eigenvalue weighted by atomic mass is 10.1. The molecule has 23 heavy (non-hydrogen) atoms. The SMILES string of the molecule is CCc1ccc(-c2nc(CC(=O)NCCCC(=O)O)cs2)cc1. The average Bonchev–Trinajstić information content (AvgIpc) is 3.00. The molecule has 5 nitrogen and oxygen atoms in total. The van der Waals surface area contributed by atoms with Crippen molar-refractivity contribution in [3.05, 3.63) is 40.9 Å². The van der Waals surface area contributed by atoms with Crippen molar-refractivity contribution in [1.82, 2.24) is 10.3 Å². The number of amides is 1. The predicted molar refractivity (Wildman–Crippen MR) is 90.5 cm³/mol. The summed E-state index contributed by atoms with van der Waals surface area (Å²) in [5.74, 6) is -0.981. The fourth-order valence-electron chi connectivity index (χ4n) is 2.10. The van der Waals surface area contributed by atoms with Gasteiger partial charge in [-0.2, -0.15) is 0 Å². The molecule has 0 atom stereocenters. The Morgan fingerprint density at radius 2 is 2.00 bits per heavy atom. The molecule has 0 aliphatic carbocycles. The molecule has 0 aliphatic rings. The first-order chi connectivity index (χ1) is 11.1. The molecule has 0 saturated carbocycles. The molecule has 0 spiro atoms. The van der Waals surface area contributed by atoms with Gasteiger partial charge < -0.3 is 10.4 Å². The number of nitrogens with one attached hydrogen (secondary N) is 1. The van der Waals surface area contributed by atoms with Crippen LogP contribution in [0.2, 0.25) is 0 Å². The molecule has 0 saturated heterocycles. The number of hydrogen-bond donors (Lipinski definition) is 2. The number of carbonyl (C=O) groups excluding carboxylic acids is 1. The zero-order valence-electron chi connectivity index (χ0n) is 13.0. The summed E-state index contributed by atoms with van der Waals surface area (Å²) in [6.07, 6.45) is 1.73. The smallest absolute Gasteiger partial charge is 0.303 e. The van der Waals surface area contributed by atoms with Crippen molar-refractivity contribution in [3.63, 3.8) is 0 Å². The van der Waals surface area contributed by atoms with Gasteiger partial charge in [0.2, 0.25) is 5.91 Å². The molecule has 2 rings (SSSR count). The fraction of sp³-hybridized carbons (Fsp3) is 0.353. The van der Waals surface area contributed by atoms with Gasteiger partial charge in [-0.25, -0.2) is 4.98 Å². The number of aromatic nitrogens is 1. The number of thiazole rings is 1. The van der Waals surface area contributed by atoms with Gasteiger partial charge in [0.25, 0.3) is 0 Å². The molecule has 122 valence electrons. The van der Waals surface area contributed by atoms with Crippen LogP contribution in [0.5, 0.6) is 0 Å². The van der Waals surface area contributed by atoms with Crippen molar-refractivity contribution in [1.29, 1.82) is 0 Å². The number of benzene rings is 1. The summed E-state index contributed by atoms with van der Waals surface area (Å²) in [7, 11) is 0. The minimum atomic E-state index is -0.850.